The first kappa shape index (κ1) is 16.6. The molecule has 0 unspecified atom stereocenters. The summed E-state index contributed by atoms with van der Waals surface area (Å²) < 4.78 is 1.66. The Morgan fingerprint density at radius 2 is 1.44 bits per heavy atom. The maximum Gasteiger partial charge on any atom is 0.177 e. The van der Waals surface area contributed by atoms with Crippen molar-refractivity contribution in [3.05, 3.63) is 83.7 Å². The molecule has 0 aliphatic heterocycles. The highest BCUT2D eigenvalue weighted by molar-refractivity contribution is 5.74. The van der Waals surface area contributed by atoms with Gasteiger partial charge in [0.15, 0.2) is 11.4 Å². The Hall–Kier alpha value is -3.89. The van der Waals surface area contributed by atoms with Crippen LogP contribution in [0.25, 0.3) is 28.1 Å². The molecular formula is C23H16N4. The van der Waals surface area contributed by atoms with Gasteiger partial charge >= 0.3 is 0 Å². The largest absolute Gasteiger partial charge is 0.318 e. The molecule has 1 aliphatic rings. The lowest BCUT2D eigenvalue weighted by atomic mass is 9.99. The van der Waals surface area contributed by atoms with Gasteiger partial charge in [-0.3, -0.25) is 0 Å². The van der Waals surface area contributed by atoms with Crippen LogP contribution in [-0.2, 0) is 7.05 Å². The smallest absolute Gasteiger partial charge is 0.177 e. The third-order valence-corrected chi connectivity index (χ3v) is 4.81. The summed E-state index contributed by atoms with van der Waals surface area (Å²) in [5.41, 5.74) is 6.16. The summed E-state index contributed by atoms with van der Waals surface area (Å²) in [5, 5.41) is 18.4. The minimum Gasteiger partial charge on any atom is -0.318 e. The van der Waals surface area contributed by atoms with Crippen molar-refractivity contribution >= 4 is 5.57 Å². The fourth-order valence-corrected chi connectivity index (χ4v) is 3.31. The number of nitriles is 2. The summed E-state index contributed by atoms with van der Waals surface area (Å²) in [6, 6.07) is 20.6. The molecule has 1 aromatic heterocycles. The number of nitrogens with zero attached hydrogens (tertiary/aromatic N) is 4. The Bertz CT molecular complexity index is 1150. The van der Waals surface area contributed by atoms with Crippen LogP contribution in [0, 0.1) is 22.7 Å². The van der Waals surface area contributed by atoms with E-state index in [9.17, 15) is 5.26 Å². The number of benzene rings is 2. The van der Waals surface area contributed by atoms with Crippen LogP contribution < -0.4 is 0 Å². The first-order chi connectivity index (χ1) is 13.2. The summed E-state index contributed by atoms with van der Waals surface area (Å²) in [7, 11) is 1.75. The number of allylic oxidation sites excluding steroid dienone is 4. The number of hydrogen-bond acceptors (Lipinski definition) is 3. The number of rotatable bonds is 3. The second-order valence-electron chi connectivity index (χ2n) is 6.39. The topological polar surface area (TPSA) is 65.4 Å². The zero-order valence-corrected chi connectivity index (χ0v) is 14.8. The molecule has 0 bridgehead atoms. The summed E-state index contributed by atoms with van der Waals surface area (Å²) >= 11 is 0. The van der Waals surface area contributed by atoms with Crippen LogP contribution in [0.4, 0.5) is 0 Å². The van der Waals surface area contributed by atoms with Crippen LogP contribution in [0.15, 0.2) is 66.8 Å². The zero-order valence-electron chi connectivity index (χ0n) is 14.8. The maximum atomic E-state index is 9.21. The highest BCUT2D eigenvalue weighted by atomic mass is 15.1. The van der Waals surface area contributed by atoms with Crippen molar-refractivity contribution in [3.8, 4) is 34.7 Å². The summed E-state index contributed by atoms with van der Waals surface area (Å²) in [5.74, 6) is 0.616. The molecule has 128 valence electrons. The third kappa shape index (κ3) is 2.94. The summed E-state index contributed by atoms with van der Waals surface area (Å²) in [6.07, 6.45) is 7.40. The molecule has 4 heteroatoms. The monoisotopic (exact) mass is 348 g/mol. The van der Waals surface area contributed by atoms with Gasteiger partial charge < -0.3 is 4.57 Å². The van der Waals surface area contributed by atoms with E-state index in [0.717, 1.165) is 23.1 Å². The lowest BCUT2D eigenvalue weighted by Crippen LogP contribution is -1.95. The highest BCUT2D eigenvalue weighted by Gasteiger charge is 2.15. The van der Waals surface area contributed by atoms with Crippen LogP contribution in [0.1, 0.15) is 23.4 Å². The summed E-state index contributed by atoms with van der Waals surface area (Å²) in [6.45, 7) is 0. The van der Waals surface area contributed by atoms with E-state index in [-0.39, 0.29) is 11.4 Å². The van der Waals surface area contributed by atoms with Gasteiger partial charge in [0.1, 0.15) is 18.0 Å². The fourth-order valence-electron chi connectivity index (χ4n) is 3.31. The number of hydrogen-bond donors (Lipinski definition) is 0. The van der Waals surface area contributed by atoms with E-state index >= 15 is 0 Å². The predicted octanol–water partition coefficient (Wildman–Crippen LogP) is 4.84. The minimum atomic E-state index is 0.158. The standard InChI is InChI=1S/C23H16N4/c1-27-22(15-25)21(14-24)26-23(27)20-12-10-19(11-13-20)18-8-6-17(7-9-18)16-4-2-3-5-16/h2-4,6-13H,5H2,1H3. The molecule has 0 saturated heterocycles. The molecule has 27 heavy (non-hydrogen) atoms. The Morgan fingerprint density at radius 1 is 0.852 bits per heavy atom. The molecule has 1 heterocycles. The van der Waals surface area contributed by atoms with Crippen LogP contribution >= 0.6 is 0 Å². The van der Waals surface area contributed by atoms with Crippen molar-refractivity contribution < 1.29 is 0 Å². The Morgan fingerprint density at radius 3 is 1.93 bits per heavy atom. The number of aromatic nitrogens is 2. The van der Waals surface area contributed by atoms with Crippen LogP contribution in [-0.4, -0.2) is 9.55 Å². The molecule has 4 nitrogen and oxygen atoms in total. The molecule has 0 radical (unpaired) electrons. The first-order valence-corrected chi connectivity index (χ1v) is 8.65. The van der Waals surface area contributed by atoms with E-state index in [4.69, 9.17) is 5.26 Å². The fraction of sp³-hybridized carbons (Fsp3) is 0.0870. The van der Waals surface area contributed by atoms with Gasteiger partial charge in [-0.1, -0.05) is 66.8 Å². The minimum absolute atomic E-state index is 0.158. The van der Waals surface area contributed by atoms with Gasteiger partial charge in [0.25, 0.3) is 0 Å². The third-order valence-electron chi connectivity index (χ3n) is 4.81. The van der Waals surface area contributed by atoms with Crippen molar-refractivity contribution in [1.29, 1.82) is 10.5 Å². The van der Waals surface area contributed by atoms with Gasteiger partial charge in [0, 0.05) is 12.6 Å². The number of imidazole rings is 1. The highest BCUT2D eigenvalue weighted by Crippen LogP contribution is 2.28. The van der Waals surface area contributed by atoms with Gasteiger partial charge in [-0.15, -0.1) is 0 Å². The average Bonchev–Trinajstić information content (AvgIpc) is 3.36. The van der Waals surface area contributed by atoms with Gasteiger partial charge in [-0.05, 0) is 28.7 Å². The zero-order chi connectivity index (χ0) is 18.8. The second-order valence-corrected chi connectivity index (χ2v) is 6.39. The summed E-state index contributed by atoms with van der Waals surface area (Å²) in [4.78, 5) is 4.29. The quantitative estimate of drug-likeness (QED) is 0.680. The molecule has 4 rings (SSSR count). The lowest BCUT2D eigenvalue weighted by Gasteiger charge is -2.07. The molecule has 0 amide bonds. The second kappa shape index (κ2) is 6.78. The van der Waals surface area contributed by atoms with Gasteiger partial charge in [0.2, 0.25) is 0 Å². The molecule has 0 spiro atoms. The van der Waals surface area contributed by atoms with E-state index in [2.05, 4.69) is 47.5 Å². The van der Waals surface area contributed by atoms with Crippen LogP contribution in [0.2, 0.25) is 0 Å². The van der Waals surface area contributed by atoms with Crippen molar-refractivity contribution in [3.63, 3.8) is 0 Å². The molecule has 0 N–H and O–H groups in total. The van der Waals surface area contributed by atoms with E-state index < -0.39 is 0 Å². The SMILES string of the molecule is Cn1c(-c2ccc(-c3ccc(C4=CC=CC4)cc3)cc2)nc(C#N)c1C#N. The van der Waals surface area contributed by atoms with Gasteiger partial charge in [-0.2, -0.15) is 10.5 Å². The van der Waals surface area contributed by atoms with E-state index in [1.54, 1.807) is 11.6 Å². The molecule has 0 fully saturated rings. The molecule has 1 aliphatic carbocycles. The normalized spacial score (nSPS) is 12.5. The van der Waals surface area contributed by atoms with Crippen molar-refractivity contribution in [1.82, 2.24) is 9.55 Å². The Labute approximate surface area is 158 Å². The Kier molecular flexibility index (Phi) is 4.16. The average molecular weight is 348 g/mol. The van der Waals surface area contributed by atoms with Crippen LogP contribution in [0.5, 0.6) is 0 Å². The van der Waals surface area contributed by atoms with Crippen molar-refractivity contribution in [2.75, 3.05) is 0 Å². The molecule has 3 aromatic rings. The van der Waals surface area contributed by atoms with E-state index in [1.807, 2.05) is 36.4 Å². The van der Waals surface area contributed by atoms with Crippen molar-refractivity contribution in [2.24, 2.45) is 7.05 Å². The predicted molar refractivity (Wildman–Crippen MR) is 105 cm³/mol. The molecule has 0 atom stereocenters. The lowest BCUT2D eigenvalue weighted by molar-refractivity contribution is 0.907. The van der Waals surface area contributed by atoms with Gasteiger partial charge in [-0.25, -0.2) is 4.98 Å². The molecule has 0 saturated carbocycles. The Balaban J connectivity index is 1.62. The van der Waals surface area contributed by atoms with E-state index in [1.165, 1.54) is 11.1 Å². The van der Waals surface area contributed by atoms with Crippen molar-refractivity contribution in [2.45, 2.75) is 6.42 Å². The first-order valence-electron chi connectivity index (χ1n) is 8.65. The molecular weight excluding hydrogens is 332 g/mol. The van der Waals surface area contributed by atoms with E-state index in [0.29, 0.717) is 5.82 Å². The maximum absolute atomic E-state index is 9.21. The molecule has 2 aromatic carbocycles. The van der Waals surface area contributed by atoms with Crippen LogP contribution in [0.3, 0.4) is 0 Å². The van der Waals surface area contributed by atoms with Gasteiger partial charge in [0.05, 0.1) is 0 Å².